The van der Waals surface area contributed by atoms with Gasteiger partial charge in [-0.25, -0.2) is 16.8 Å². The van der Waals surface area contributed by atoms with Crippen LogP contribution in [0.25, 0.3) is 0 Å². The van der Waals surface area contributed by atoms with Crippen LogP contribution in [0.1, 0.15) is 0 Å². The molecule has 0 saturated heterocycles. The number of nitrogens with one attached hydrogen (secondary N) is 2. The van der Waals surface area contributed by atoms with E-state index >= 15 is 0 Å². The number of benzene rings is 3. The minimum atomic E-state index is -3.91. The van der Waals surface area contributed by atoms with Crippen LogP contribution in [0.15, 0.2) is 81.4 Å². The Kier molecular flexibility index (Phi) is 6.88. The van der Waals surface area contributed by atoms with Crippen molar-refractivity contribution in [2.75, 3.05) is 15.7 Å². The summed E-state index contributed by atoms with van der Waals surface area (Å²) in [5, 5.41) is 0.575. The van der Waals surface area contributed by atoms with E-state index in [4.69, 9.17) is 23.2 Å². The molecule has 11 heteroatoms. The van der Waals surface area contributed by atoms with Gasteiger partial charge in [0.1, 0.15) is 0 Å². The summed E-state index contributed by atoms with van der Waals surface area (Å²) in [6, 6.07) is 16.1. The predicted molar refractivity (Wildman–Crippen MR) is 123 cm³/mol. The van der Waals surface area contributed by atoms with E-state index in [1.165, 1.54) is 66.4 Å². The second-order valence-electron chi connectivity index (χ2n) is 6.07. The average Bonchev–Trinajstić information content (AvgIpc) is 2.67. The van der Waals surface area contributed by atoms with E-state index in [2.05, 4.69) is 9.44 Å². The molecule has 2 N–H and O–H groups in total. The first kappa shape index (κ1) is 22.8. The molecule has 0 fully saturated rings. The molecule has 0 amide bonds. The van der Waals surface area contributed by atoms with Gasteiger partial charge in [-0.3, -0.25) is 9.44 Å². The molecule has 3 rings (SSSR count). The summed E-state index contributed by atoms with van der Waals surface area (Å²) in [5.41, 5.74) is 0.444. The van der Waals surface area contributed by atoms with Crippen LogP contribution in [0, 0.1) is 0 Å². The minimum Gasteiger partial charge on any atom is -0.280 e. The van der Waals surface area contributed by atoms with Crippen LogP contribution < -0.4 is 9.44 Å². The molecule has 0 aliphatic rings. The summed E-state index contributed by atoms with van der Waals surface area (Å²) in [7, 11) is -7.71. The van der Waals surface area contributed by atoms with Gasteiger partial charge in [-0.15, -0.1) is 11.8 Å². The van der Waals surface area contributed by atoms with Crippen molar-refractivity contribution in [3.8, 4) is 0 Å². The monoisotopic (exact) mass is 502 g/mol. The Morgan fingerprint density at radius 2 is 1.10 bits per heavy atom. The van der Waals surface area contributed by atoms with Crippen molar-refractivity contribution < 1.29 is 16.8 Å². The number of rotatable bonds is 7. The minimum absolute atomic E-state index is 0.0501. The summed E-state index contributed by atoms with van der Waals surface area (Å²) >= 11 is 13.3. The number of sulfonamides is 2. The van der Waals surface area contributed by atoms with Crippen LogP contribution in [-0.4, -0.2) is 23.1 Å². The van der Waals surface area contributed by atoms with Crippen LogP contribution in [0.2, 0.25) is 10.0 Å². The van der Waals surface area contributed by atoms with E-state index in [1.54, 1.807) is 12.1 Å². The average molecular weight is 503 g/mol. The second-order valence-corrected chi connectivity index (χ2v) is 11.2. The van der Waals surface area contributed by atoms with E-state index in [1.807, 2.05) is 6.26 Å². The molecule has 0 bridgehead atoms. The Hall–Kier alpha value is -1.91. The standard InChI is InChI=1S/C19H16Cl2N2O4S3/c1-28-17-4-8-19(9-5-17)29(24,25)22-15-2-6-18(7-3-15)30(26,27)23-16-11-13(20)10-14(21)12-16/h2-12,22-23H,1H3. The molecule has 0 aliphatic carbocycles. The quantitative estimate of drug-likeness (QED) is 0.426. The first-order chi connectivity index (χ1) is 14.1. The van der Waals surface area contributed by atoms with E-state index in [0.29, 0.717) is 0 Å². The molecule has 0 aromatic heterocycles. The largest absolute Gasteiger partial charge is 0.280 e. The van der Waals surface area contributed by atoms with Gasteiger partial charge in [0.2, 0.25) is 0 Å². The molecule has 3 aromatic carbocycles. The second kappa shape index (κ2) is 9.07. The van der Waals surface area contributed by atoms with E-state index in [0.717, 1.165) is 4.90 Å². The SMILES string of the molecule is CSc1ccc(S(=O)(=O)Nc2ccc(S(=O)(=O)Nc3cc(Cl)cc(Cl)c3)cc2)cc1. The first-order valence-corrected chi connectivity index (χ1v) is 13.3. The van der Waals surface area contributed by atoms with Crippen molar-refractivity contribution >= 4 is 66.4 Å². The van der Waals surface area contributed by atoms with Crippen LogP contribution in [0.4, 0.5) is 11.4 Å². The predicted octanol–water partition coefficient (Wildman–Crippen LogP) is 5.32. The molecule has 30 heavy (non-hydrogen) atoms. The van der Waals surface area contributed by atoms with Gasteiger partial charge in [-0.05, 0) is 73.0 Å². The Balaban J connectivity index is 1.78. The van der Waals surface area contributed by atoms with E-state index in [9.17, 15) is 16.8 Å². The van der Waals surface area contributed by atoms with E-state index in [-0.39, 0.29) is 31.2 Å². The van der Waals surface area contributed by atoms with Gasteiger partial charge >= 0.3 is 0 Å². The van der Waals surface area contributed by atoms with Gasteiger partial charge in [-0.2, -0.15) is 0 Å². The smallest absolute Gasteiger partial charge is 0.261 e. The van der Waals surface area contributed by atoms with Gasteiger partial charge in [0.05, 0.1) is 15.5 Å². The van der Waals surface area contributed by atoms with Crippen molar-refractivity contribution in [1.29, 1.82) is 0 Å². The Morgan fingerprint density at radius 1 is 0.667 bits per heavy atom. The highest BCUT2D eigenvalue weighted by Crippen LogP contribution is 2.26. The van der Waals surface area contributed by atoms with Crippen molar-refractivity contribution in [1.82, 2.24) is 0 Å². The van der Waals surface area contributed by atoms with Crippen LogP contribution in [-0.2, 0) is 20.0 Å². The number of halogens is 2. The van der Waals surface area contributed by atoms with Crippen molar-refractivity contribution in [3.63, 3.8) is 0 Å². The fourth-order valence-corrected chi connectivity index (χ4v) is 5.53. The first-order valence-electron chi connectivity index (χ1n) is 8.35. The molecule has 3 aromatic rings. The third-order valence-corrected chi connectivity index (χ3v) is 7.88. The molecule has 0 heterocycles. The maximum absolute atomic E-state index is 12.6. The zero-order chi connectivity index (χ0) is 21.9. The fraction of sp³-hybridized carbons (Fsp3) is 0.0526. The topological polar surface area (TPSA) is 92.3 Å². The molecule has 0 spiro atoms. The molecule has 0 radical (unpaired) electrons. The van der Waals surface area contributed by atoms with Crippen LogP contribution in [0.3, 0.4) is 0 Å². The summed E-state index contributed by atoms with van der Waals surface area (Å²) in [5.74, 6) is 0. The lowest BCUT2D eigenvalue weighted by atomic mass is 10.3. The maximum atomic E-state index is 12.6. The van der Waals surface area contributed by atoms with Crippen molar-refractivity contribution in [3.05, 3.63) is 76.8 Å². The highest BCUT2D eigenvalue weighted by molar-refractivity contribution is 7.98. The number of anilines is 2. The van der Waals surface area contributed by atoms with Gasteiger partial charge < -0.3 is 0 Å². The maximum Gasteiger partial charge on any atom is 0.261 e. The Labute approximate surface area is 189 Å². The Morgan fingerprint density at radius 3 is 1.57 bits per heavy atom. The molecular weight excluding hydrogens is 487 g/mol. The molecule has 0 aliphatic heterocycles. The number of hydrogen-bond donors (Lipinski definition) is 2. The number of hydrogen-bond acceptors (Lipinski definition) is 5. The van der Waals surface area contributed by atoms with Gasteiger partial charge in [0, 0.05) is 20.6 Å². The van der Waals surface area contributed by atoms with Crippen molar-refractivity contribution in [2.24, 2.45) is 0 Å². The Bertz CT molecular complexity index is 1240. The summed E-state index contributed by atoms with van der Waals surface area (Å²) in [4.78, 5) is 0.999. The summed E-state index contributed by atoms with van der Waals surface area (Å²) in [6.07, 6.45) is 1.90. The van der Waals surface area contributed by atoms with Crippen molar-refractivity contribution in [2.45, 2.75) is 14.7 Å². The van der Waals surface area contributed by atoms with Gasteiger partial charge in [0.15, 0.2) is 0 Å². The van der Waals surface area contributed by atoms with Crippen LogP contribution >= 0.6 is 35.0 Å². The summed E-state index contributed by atoms with van der Waals surface area (Å²) in [6.45, 7) is 0. The molecule has 0 saturated carbocycles. The third kappa shape index (κ3) is 5.61. The van der Waals surface area contributed by atoms with E-state index < -0.39 is 20.0 Å². The summed E-state index contributed by atoms with van der Waals surface area (Å²) < 4.78 is 55.0. The normalized spacial score (nSPS) is 11.8. The number of thioether (sulfide) groups is 1. The molecule has 0 unspecified atom stereocenters. The van der Waals surface area contributed by atoms with Crippen LogP contribution in [0.5, 0.6) is 0 Å². The fourth-order valence-electron chi connectivity index (χ4n) is 2.50. The lowest BCUT2D eigenvalue weighted by Gasteiger charge is -2.11. The third-order valence-electron chi connectivity index (χ3n) is 3.90. The molecule has 6 nitrogen and oxygen atoms in total. The highest BCUT2D eigenvalue weighted by Gasteiger charge is 2.17. The molecule has 158 valence electrons. The lowest BCUT2D eigenvalue weighted by Crippen LogP contribution is -2.14. The van der Waals surface area contributed by atoms with Gasteiger partial charge in [0.25, 0.3) is 20.0 Å². The zero-order valence-electron chi connectivity index (χ0n) is 15.5. The zero-order valence-corrected chi connectivity index (χ0v) is 19.4. The lowest BCUT2D eigenvalue weighted by molar-refractivity contribution is 0.600. The molecule has 0 atom stereocenters. The highest BCUT2D eigenvalue weighted by atomic mass is 35.5. The molecular formula is C19H16Cl2N2O4S3. The van der Waals surface area contributed by atoms with Gasteiger partial charge in [-0.1, -0.05) is 23.2 Å².